The maximum Gasteiger partial charge on any atom is 0.283 e. The van der Waals surface area contributed by atoms with Gasteiger partial charge in [-0.3, -0.25) is 9.59 Å². The Bertz CT molecular complexity index is 1150. The summed E-state index contributed by atoms with van der Waals surface area (Å²) in [7, 11) is 0. The van der Waals surface area contributed by atoms with E-state index in [4.69, 9.17) is 10.2 Å². The third-order valence-electron chi connectivity index (χ3n) is 3.49. The van der Waals surface area contributed by atoms with Crippen LogP contribution in [0.3, 0.4) is 0 Å². The number of nitrogens with zero attached hydrogens (tertiary/aromatic N) is 3. The lowest BCUT2D eigenvalue weighted by atomic mass is 10.1. The first-order valence-corrected chi connectivity index (χ1v) is 8.68. The summed E-state index contributed by atoms with van der Waals surface area (Å²) in [5.74, 6) is 0.604. The van der Waals surface area contributed by atoms with E-state index in [1.807, 2.05) is 0 Å². The van der Waals surface area contributed by atoms with Crippen LogP contribution in [0.15, 0.2) is 55.9 Å². The molecule has 0 amide bonds. The lowest BCUT2D eigenvalue weighted by Gasteiger charge is -2.05. The van der Waals surface area contributed by atoms with E-state index in [1.54, 1.807) is 36.6 Å². The summed E-state index contributed by atoms with van der Waals surface area (Å²) in [6.45, 7) is 0. The zero-order valence-electron chi connectivity index (χ0n) is 12.5. The zero-order valence-corrected chi connectivity index (χ0v) is 14.9. The smallest absolute Gasteiger partial charge is 0.283 e. The first-order valence-electron chi connectivity index (χ1n) is 7.07. The highest BCUT2D eigenvalue weighted by Gasteiger charge is 2.16. The van der Waals surface area contributed by atoms with E-state index < -0.39 is 5.56 Å². The number of nitrogen functional groups attached to an aromatic ring is 1. The van der Waals surface area contributed by atoms with Crippen molar-refractivity contribution in [1.82, 2.24) is 14.6 Å². The van der Waals surface area contributed by atoms with Crippen LogP contribution in [0.25, 0.3) is 21.8 Å². The van der Waals surface area contributed by atoms with Gasteiger partial charge in [-0.25, -0.2) is 0 Å². The Labute approximate surface area is 152 Å². The molecule has 0 fully saturated rings. The maximum absolute atomic E-state index is 12.4. The van der Waals surface area contributed by atoms with Gasteiger partial charge in [0.15, 0.2) is 16.6 Å². The molecule has 7 nitrogen and oxygen atoms in total. The highest BCUT2D eigenvalue weighted by molar-refractivity contribution is 9.12. The molecule has 0 aliphatic heterocycles. The first-order chi connectivity index (χ1) is 12.0. The second-order valence-electron chi connectivity index (χ2n) is 5.13. The number of furan rings is 1. The van der Waals surface area contributed by atoms with E-state index in [0.29, 0.717) is 25.8 Å². The van der Waals surface area contributed by atoms with Gasteiger partial charge in [-0.05, 0) is 51.9 Å². The molecule has 0 radical (unpaired) electrons. The van der Waals surface area contributed by atoms with Gasteiger partial charge in [0.05, 0.1) is 16.3 Å². The van der Waals surface area contributed by atoms with E-state index in [-0.39, 0.29) is 17.2 Å². The first kappa shape index (κ1) is 15.7. The predicted molar refractivity (Wildman–Crippen MR) is 98.4 cm³/mol. The molecular weight excluding hydrogens is 408 g/mol. The third kappa shape index (κ3) is 2.77. The Balaban J connectivity index is 1.87. The number of halogens is 1. The quantitative estimate of drug-likeness (QED) is 0.688. The van der Waals surface area contributed by atoms with Gasteiger partial charge in [0, 0.05) is 0 Å². The molecule has 1 aliphatic rings. The Hall–Kier alpha value is -2.78. The molecule has 0 spiro atoms. The SMILES string of the molecule is Nc1c(/C=C2\C=CC(=O)C(Br)=C2)c(=O)nc2sc(-c3ccco3)nn12. The van der Waals surface area contributed by atoms with Crippen molar-refractivity contribution in [2.24, 2.45) is 0 Å². The Morgan fingerprint density at radius 1 is 1.32 bits per heavy atom. The Morgan fingerprint density at radius 2 is 2.16 bits per heavy atom. The normalized spacial score (nSPS) is 16.0. The number of fused-ring (bicyclic) bond motifs is 1. The average Bonchev–Trinajstić information content (AvgIpc) is 3.23. The minimum atomic E-state index is -0.463. The molecule has 9 heteroatoms. The van der Waals surface area contributed by atoms with E-state index in [2.05, 4.69) is 26.0 Å². The van der Waals surface area contributed by atoms with Crippen molar-refractivity contribution < 1.29 is 9.21 Å². The summed E-state index contributed by atoms with van der Waals surface area (Å²) < 4.78 is 7.13. The van der Waals surface area contributed by atoms with Crippen molar-refractivity contribution in [2.75, 3.05) is 5.73 Å². The number of rotatable bonds is 2. The second kappa shape index (κ2) is 5.94. The van der Waals surface area contributed by atoms with Crippen LogP contribution in [0.4, 0.5) is 5.82 Å². The number of hydrogen-bond donors (Lipinski definition) is 1. The molecular formula is C16H9BrN4O3S. The number of carbonyl (C=O) groups excluding carboxylic acids is 1. The van der Waals surface area contributed by atoms with Gasteiger partial charge in [-0.15, -0.1) is 5.10 Å². The number of allylic oxidation sites excluding steroid dienone is 5. The van der Waals surface area contributed by atoms with E-state index >= 15 is 0 Å². The van der Waals surface area contributed by atoms with Crippen LogP contribution in [0.1, 0.15) is 5.56 Å². The van der Waals surface area contributed by atoms with Crippen LogP contribution < -0.4 is 11.3 Å². The summed E-state index contributed by atoms with van der Waals surface area (Å²) in [6.07, 6.45) is 7.75. The molecule has 0 saturated carbocycles. The second-order valence-corrected chi connectivity index (χ2v) is 6.94. The molecule has 1 aliphatic carbocycles. The minimum Gasteiger partial charge on any atom is -0.462 e. The molecule has 124 valence electrons. The summed E-state index contributed by atoms with van der Waals surface area (Å²) in [4.78, 5) is 28.2. The molecule has 25 heavy (non-hydrogen) atoms. The van der Waals surface area contributed by atoms with E-state index in [1.165, 1.54) is 21.9 Å². The van der Waals surface area contributed by atoms with Crippen molar-refractivity contribution >= 4 is 49.9 Å². The van der Waals surface area contributed by atoms with Crippen molar-refractivity contribution in [2.45, 2.75) is 0 Å². The van der Waals surface area contributed by atoms with Crippen molar-refractivity contribution in [3.63, 3.8) is 0 Å². The van der Waals surface area contributed by atoms with Crippen LogP contribution in [-0.2, 0) is 4.79 Å². The lowest BCUT2D eigenvalue weighted by molar-refractivity contribution is -0.110. The van der Waals surface area contributed by atoms with Gasteiger partial charge >= 0.3 is 0 Å². The fourth-order valence-corrected chi connectivity index (χ4v) is 3.55. The Kier molecular flexibility index (Phi) is 3.74. The number of ketones is 1. The van der Waals surface area contributed by atoms with Crippen molar-refractivity contribution in [3.8, 4) is 10.8 Å². The van der Waals surface area contributed by atoms with Gasteiger partial charge in [0.25, 0.3) is 5.56 Å². The molecule has 3 heterocycles. The van der Waals surface area contributed by atoms with E-state index in [9.17, 15) is 9.59 Å². The van der Waals surface area contributed by atoms with Crippen LogP contribution >= 0.6 is 27.3 Å². The number of aromatic nitrogens is 3. The largest absolute Gasteiger partial charge is 0.462 e. The van der Waals surface area contributed by atoms with Gasteiger partial charge in [0.2, 0.25) is 4.96 Å². The predicted octanol–water partition coefficient (Wildman–Crippen LogP) is 2.79. The van der Waals surface area contributed by atoms with Gasteiger partial charge in [0.1, 0.15) is 5.82 Å². The third-order valence-corrected chi connectivity index (χ3v) is 5.03. The lowest BCUT2D eigenvalue weighted by Crippen LogP contribution is -2.16. The number of carbonyl (C=O) groups is 1. The summed E-state index contributed by atoms with van der Waals surface area (Å²) in [5, 5.41) is 4.93. The van der Waals surface area contributed by atoms with Crippen LogP contribution in [-0.4, -0.2) is 20.4 Å². The molecule has 0 aromatic carbocycles. The molecule has 0 saturated heterocycles. The zero-order chi connectivity index (χ0) is 17.6. The van der Waals surface area contributed by atoms with Gasteiger partial charge in [-0.2, -0.15) is 9.50 Å². The molecule has 2 N–H and O–H groups in total. The topological polar surface area (TPSA) is 103 Å². The van der Waals surface area contributed by atoms with Gasteiger partial charge in [-0.1, -0.05) is 17.4 Å². The highest BCUT2D eigenvalue weighted by Crippen LogP contribution is 2.27. The fraction of sp³-hybridized carbons (Fsp3) is 0. The van der Waals surface area contributed by atoms with Crippen LogP contribution in [0, 0.1) is 0 Å². The fourth-order valence-electron chi connectivity index (χ4n) is 2.29. The summed E-state index contributed by atoms with van der Waals surface area (Å²) in [5.41, 5.74) is 6.53. The molecule has 0 bridgehead atoms. The number of anilines is 1. The number of hydrogen-bond acceptors (Lipinski definition) is 7. The number of nitrogens with two attached hydrogens (primary N) is 1. The molecule has 3 aromatic rings. The van der Waals surface area contributed by atoms with Crippen LogP contribution in [0.2, 0.25) is 0 Å². The van der Waals surface area contributed by atoms with Crippen molar-refractivity contribution in [3.05, 3.63) is 62.6 Å². The summed E-state index contributed by atoms with van der Waals surface area (Å²) in [6, 6.07) is 3.51. The van der Waals surface area contributed by atoms with Crippen LogP contribution in [0.5, 0.6) is 0 Å². The molecule has 3 aromatic heterocycles. The molecule has 4 rings (SSSR count). The molecule has 0 unspecified atom stereocenters. The van der Waals surface area contributed by atoms with Crippen molar-refractivity contribution in [1.29, 1.82) is 0 Å². The maximum atomic E-state index is 12.4. The minimum absolute atomic E-state index is 0.141. The summed E-state index contributed by atoms with van der Waals surface area (Å²) >= 11 is 4.38. The average molecular weight is 417 g/mol. The monoisotopic (exact) mass is 416 g/mol. The standard InChI is InChI=1S/C16H9BrN4O3S/c17-10-7-8(3-4-11(10)22)6-9-13(18)21-16(19-14(9)23)25-15(20-21)12-2-1-5-24-12/h1-7H,18H2/b8-6+. The van der Waals surface area contributed by atoms with E-state index in [0.717, 1.165) is 0 Å². The molecule has 0 atom stereocenters. The highest BCUT2D eigenvalue weighted by atomic mass is 79.9. The Morgan fingerprint density at radius 3 is 2.88 bits per heavy atom. The van der Waals surface area contributed by atoms with Gasteiger partial charge < -0.3 is 10.2 Å².